The highest BCUT2D eigenvalue weighted by Gasteiger charge is 2.19. The summed E-state index contributed by atoms with van der Waals surface area (Å²) >= 11 is 6.30. The fourth-order valence-electron chi connectivity index (χ4n) is 3.40. The number of fused-ring (bicyclic) bond motifs is 1. The smallest absolute Gasteiger partial charge is 0.253 e. The van der Waals surface area contributed by atoms with Crippen LogP contribution in [0.2, 0.25) is 5.02 Å². The van der Waals surface area contributed by atoms with Crippen molar-refractivity contribution in [2.45, 2.75) is 19.0 Å². The molecule has 0 bridgehead atoms. The zero-order chi connectivity index (χ0) is 18.8. The average molecular weight is 380 g/mol. The molecule has 1 saturated heterocycles. The summed E-state index contributed by atoms with van der Waals surface area (Å²) < 4.78 is 0. The van der Waals surface area contributed by atoms with Gasteiger partial charge in [-0.3, -0.25) is 4.79 Å². The Bertz CT molecular complexity index is 979. The predicted octanol–water partition coefficient (Wildman–Crippen LogP) is 4.37. The number of benzene rings is 3. The van der Waals surface area contributed by atoms with Gasteiger partial charge in [0.25, 0.3) is 5.91 Å². The van der Waals surface area contributed by atoms with Gasteiger partial charge in [0, 0.05) is 18.8 Å². The molecule has 0 aliphatic carbocycles. The van der Waals surface area contributed by atoms with Crippen molar-refractivity contribution in [2.75, 3.05) is 18.4 Å². The van der Waals surface area contributed by atoms with Gasteiger partial charge < -0.3 is 16.0 Å². The number of rotatable bonds is 5. The third-order valence-electron chi connectivity index (χ3n) is 5.00. The molecule has 27 heavy (non-hydrogen) atoms. The van der Waals surface area contributed by atoms with Gasteiger partial charge in [-0.15, -0.1) is 0 Å². The molecule has 0 spiro atoms. The van der Waals surface area contributed by atoms with Crippen LogP contribution in [0.15, 0.2) is 60.7 Å². The van der Waals surface area contributed by atoms with E-state index >= 15 is 0 Å². The van der Waals surface area contributed by atoms with Gasteiger partial charge in [-0.05, 0) is 41.5 Å². The van der Waals surface area contributed by atoms with E-state index in [1.54, 1.807) is 6.07 Å². The first kappa shape index (κ1) is 17.8. The molecule has 1 fully saturated rings. The third-order valence-corrected chi connectivity index (χ3v) is 5.33. The Morgan fingerprint density at radius 3 is 2.67 bits per heavy atom. The summed E-state index contributed by atoms with van der Waals surface area (Å²) in [5.41, 5.74) is 2.49. The Morgan fingerprint density at radius 1 is 1.11 bits per heavy atom. The van der Waals surface area contributed by atoms with Gasteiger partial charge in [-0.25, -0.2) is 0 Å². The maximum atomic E-state index is 12.9. The minimum atomic E-state index is -0.171. The number of halogens is 1. The van der Waals surface area contributed by atoms with Crippen LogP contribution in [-0.2, 0) is 0 Å². The molecule has 138 valence electrons. The minimum Gasteiger partial charge on any atom is -0.380 e. The van der Waals surface area contributed by atoms with Gasteiger partial charge in [-0.2, -0.15) is 0 Å². The van der Waals surface area contributed by atoms with Crippen LogP contribution in [0.5, 0.6) is 0 Å². The number of carbonyl (C=O) groups is 1. The fraction of sp³-hybridized carbons (Fsp3) is 0.227. The molecule has 1 amide bonds. The lowest BCUT2D eigenvalue weighted by atomic mass is 9.99. The van der Waals surface area contributed by atoms with E-state index in [0.717, 1.165) is 35.1 Å². The summed E-state index contributed by atoms with van der Waals surface area (Å²) in [6.45, 7) is 3.86. The van der Waals surface area contributed by atoms with Crippen molar-refractivity contribution in [2.24, 2.45) is 0 Å². The molecule has 5 heteroatoms. The molecule has 0 saturated carbocycles. The van der Waals surface area contributed by atoms with Gasteiger partial charge in [0.15, 0.2) is 0 Å². The SMILES string of the molecule is CC(NC(=O)c1cc(NC2CNC2)ccc1Cl)c1cccc2ccccc12. The van der Waals surface area contributed by atoms with Crippen molar-refractivity contribution in [3.8, 4) is 0 Å². The quantitative estimate of drug-likeness (QED) is 0.617. The molecular formula is C22H22ClN3O. The fourth-order valence-corrected chi connectivity index (χ4v) is 3.60. The van der Waals surface area contributed by atoms with Crippen molar-refractivity contribution >= 4 is 34.0 Å². The minimum absolute atomic E-state index is 0.132. The first-order chi connectivity index (χ1) is 13.1. The molecule has 3 aromatic carbocycles. The van der Waals surface area contributed by atoms with Crippen LogP contribution in [0.25, 0.3) is 10.8 Å². The van der Waals surface area contributed by atoms with E-state index < -0.39 is 0 Å². The van der Waals surface area contributed by atoms with Gasteiger partial charge in [-0.1, -0.05) is 54.1 Å². The molecule has 3 N–H and O–H groups in total. The van der Waals surface area contributed by atoms with Gasteiger partial charge in [0.1, 0.15) is 0 Å². The molecule has 1 atom stereocenters. The van der Waals surface area contributed by atoms with Crippen molar-refractivity contribution in [1.82, 2.24) is 10.6 Å². The summed E-state index contributed by atoms with van der Waals surface area (Å²) in [5, 5.41) is 12.5. The van der Waals surface area contributed by atoms with Crippen LogP contribution < -0.4 is 16.0 Å². The molecule has 1 aliphatic rings. The lowest BCUT2D eigenvalue weighted by Gasteiger charge is -2.29. The monoisotopic (exact) mass is 379 g/mol. The lowest BCUT2D eigenvalue weighted by Crippen LogP contribution is -2.51. The molecule has 1 unspecified atom stereocenters. The highest BCUT2D eigenvalue weighted by molar-refractivity contribution is 6.34. The molecule has 4 rings (SSSR count). The van der Waals surface area contributed by atoms with Crippen LogP contribution in [-0.4, -0.2) is 25.0 Å². The maximum Gasteiger partial charge on any atom is 0.253 e. The van der Waals surface area contributed by atoms with Crippen LogP contribution in [0.1, 0.15) is 28.9 Å². The van der Waals surface area contributed by atoms with Gasteiger partial charge in [0.05, 0.1) is 22.7 Å². The van der Waals surface area contributed by atoms with E-state index in [1.165, 1.54) is 0 Å². The van der Waals surface area contributed by atoms with E-state index in [2.05, 4.69) is 40.2 Å². The topological polar surface area (TPSA) is 53.2 Å². The number of hydrogen-bond donors (Lipinski definition) is 3. The van der Waals surface area contributed by atoms with Gasteiger partial charge >= 0.3 is 0 Å². The van der Waals surface area contributed by atoms with Crippen LogP contribution >= 0.6 is 11.6 Å². The highest BCUT2D eigenvalue weighted by atomic mass is 35.5. The second kappa shape index (κ2) is 7.59. The Labute approximate surface area is 163 Å². The van der Waals surface area contributed by atoms with Crippen LogP contribution in [0.3, 0.4) is 0 Å². The first-order valence-electron chi connectivity index (χ1n) is 9.17. The lowest BCUT2D eigenvalue weighted by molar-refractivity contribution is 0.0940. The van der Waals surface area contributed by atoms with Crippen molar-refractivity contribution in [3.63, 3.8) is 0 Å². The van der Waals surface area contributed by atoms with E-state index in [1.807, 2.05) is 37.3 Å². The molecule has 0 aromatic heterocycles. The average Bonchev–Trinajstić information content (AvgIpc) is 2.65. The molecular weight excluding hydrogens is 358 g/mol. The van der Waals surface area contributed by atoms with Crippen molar-refractivity contribution in [1.29, 1.82) is 0 Å². The van der Waals surface area contributed by atoms with Crippen LogP contribution in [0.4, 0.5) is 5.69 Å². The summed E-state index contributed by atoms with van der Waals surface area (Å²) in [5.74, 6) is -0.171. The van der Waals surface area contributed by atoms with Gasteiger partial charge in [0.2, 0.25) is 0 Å². The maximum absolute atomic E-state index is 12.9. The summed E-state index contributed by atoms with van der Waals surface area (Å²) in [4.78, 5) is 12.9. The van der Waals surface area contributed by atoms with Crippen molar-refractivity contribution < 1.29 is 4.79 Å². The number of amides is 1. The van der Waals surface area contributed by atoms with Crippen LogP contribution in [0, 0.1) is 0 Å². The second-order valence-electron chi connectivity index (χ2n) is 6.96. The third kappa shape index (κ3) is 3.77. The number of anilines is 1. The Morgan fingerprint density at radius 2 is 1.89 bits per heavy atom. The number of carbonyl (C=O) groups excluding carboxylic acids is 1. The normalized spacial score (nSPS) is 15.2. The molecule has 4 nitrogen and oxygen atoms in total. The second-order valence-corrected chi connectivity index (χ2v) is 7.36. The van der Waals surface area contributed by atoms with E-state index in [-0.39, 0.29) is 11.9 Å². The summed E-state index contributed by atoms with van der Waals surface area (Å²) in [6.07, 6.45) is 0. The van der Waals surface area contributed by atoms with E-state index in [4.69, 9.17) is 11.6 Å². The number of nitrogens with one attached hydrogen (secondary N) is 3. The molecule has 0 radical (unpaired) electrons. The number of hydrogen-bond acceptors (Lipinski definition) is 3. The summed E-state index contributed by atoms with van der Waals surface area (Å²) in [7, 11) is 0. The Kier molecular flexibility index (Phi) is 5.01. The Hall–Kier alpha value is -2.56. The van der Waals surface area contributed by atoms with E-state index in [0.29, 0.717) is 16.6 Å². The van der Waals surface area contributed by atoms with E-state index in [9.17, 15) is 4.79 Å². The molecule has 3 aromatic rings. The highest BCUT2D eigenvalue weighted by Crippen LogP contribution is 2.26. The standard InChI is InChI=1S/C22H22ClN3O/c1-14(18-8-4-6-15-5-2-3-7-19(15)18)25-22(27)20-11-16(9-10-21(20)23)26-17-12-24-13-17/h2-11,14,17,24,26H,12-13H2,1H3,(H,25,27). The first-order valence-corrected chi connectivity index (χ1v) is 9.55. The molecule has 1 aliphatic heterocycles. The summed E-state index contributed by atoms with van der Waals surface area (Å²) in [6, 6.07) is 20.1. The zero-order valence-electron chi connectivity index (χ0n) is 15.1. The Balaban J connectivity index is 1.55. The predicted molar refractivity (Wildman–Crippen MR) is 112 cm³/mol. The zero-order valence-corrected chi connectivity index (χ0v) is 15.9. The largest absolute Gasteiger partial charge is 0.380 e. The molecule has 1 heterocycles. The van der Waals surface area contributed by atoms with Crippen molar-refractivity contribution in [3.05, 3.63) is 76.8 Å².